The van der Waals surface area contributed by atoms with Crippen molar-refractivity contribution < 1.29 is 14.3 Å². The van der Waals surface area contributed by atoms with Crippen LogP contribution in [0, 0.1) is 6.92 Å². The van der Waals surface area contributed by atoms with Crippen LogP contribution in [0.4, 0.5) is 5.13 Å². The van der Waals surface area contributed by atoms with E-state index in [0.29, 0.717) is 22.2 Å². The smallest absolute Gasteiger partial charge is 0.350 e. The fourth-order valence-corrected chi connectivity index (χ4v) is 2.36. The van der Waals surface area contributed by atoms with Gasteiger partial charge in [-0.25, -0.2) is 9.78 Å². The second-order valence-electron chi connectivity index (χ2n) is 4.08. The highest BCUT2D eigenvalue weighted by Crippen LogP contribution is 2.23. The molecule has 0 radical (unpaired) electrons. The number of hydrogen-bond acceptors (Lipinski definition) is 6. The van der Waals surface area contributed by atoms with Crippen molar-refractivity contribution in [2.45, 2.75) is 33.2 Å². The summed E-state index contributed by atoms with van der Waals surface area (Å²) in [6.45, 7) is 6.12. The number of carbonyl (C=O) groups excluding carboxylic acids is 2. The Hall–Kier alpha value is -1.63. The molecule has 0 aliphatic heterocycles. The van der Waals surface area contributed by atoms with Gasteiger partial charge in [0.15, 0.2) is 5.13 Å². The predicted molar refractivity (Wildman–Crippen MR) is 74.6 cm³/mol. The van der Waals surface area contributed by atoms with Gasteiger partial charge in [0, 0.05) is 6.54 Å². The van der Waals surface area contributed by atoms with Crippen molar-refractivity contribution in [2.75, 3.05) is 19.0 Å². The first-order valence-corrected chi connectivity index (χ1v) is 6.91. The van der Waals surface area contributed by atoms with E-state index >= 15 is 0 Å². The lowest BCUT2D eigenvalue weighted by molar-refractivity contribution is -0.121. The first kappa shape index (κ1) is 15.4. The number of esters is 1. The van der Waals surface area contributed by atoms with Gasteiger partial charge in [0.25, 0.3) is 0 Å². The van der Waals surface area contributed by atoms with Gasteiger partial charge in [-0.15, -0.1) is 0 Å². The predicted octanol–water partition coefficient (Wildman–Crippen LogP) is 1.56. The van der Waals surface area contributed by atoms with E-state index in [0.717, 1.165) is 6.42 Å². The van der Waals surface area contributed by atoms with Crippen LogP contribution in [0.15, 0.2) is 0 Å². The second-order valence-corrected chi connectivity index (χ2v) is 5.08. The molecular weight excluding hydrogens is 266 g/mol. The van der Waals surface area contributed by atoms with Gasteiger partial charge in [-0.3, -0.25) is 4.79 Å². The molecule has 19 heavy (non-hydrogen) atoms. The van der Waals surface area contributed by atoms with Crippen LogP contribution in [-0.2, 0) is 9.53 Å². The maximum Gasteiger partial charge on any atom is 0.350 e. The molecule has 1 amide bonds. The summed E-state index contributed by atoms with van der Waals surface area (Å²) in [5, 5.41) is 6.31. The summed E-state index contributed by atoms with van der Waals surface area (Å²) in [5.41, 5.74) is 0.598. The average Bonchev–Trinajstić information content (AvgIpc) is 2.75. The number of aromatic nitrogens is 1. The van der Waals surface area contributed by atoms with Crippen molar-refractivity contribution in [1.29, 1.82) is 0 Å². The van der Waals surface area contributed by atoms with Crippen molar-refractivity contribution in [3.63, 3.8) is 0 Å². The van der Waals surface area contributed by atoms with Crippen molar-refractivity contribution in [3.8, 4) is 0 Å². The van der Waals surface area contributed by atoms with Gasteiger partial charge >= 0.3 is 5.97 Å². The van der Waals surface area contributed by atoms with E-state index in [-0.39, 0.29) is 5.91 Å². The normalized spacial score (nSPS) is 11.8. The highest BCUT2D eigenvalue weighted by molar-refractivity contribution is 7.17. The highest BCUT2D eigenvalue weighted by atomic mass is 32.1. The molecule has 1 aromatic heterocycles. The van der Waals surface area contributed by atoms with Crippen LogP contribution in [0.1, 0.15) is 35.6 Å². The first-order chi connectivity index (χ1) is 8.99. The van der Waals surface area contributed by atoms with Crippen molar-refractivity contribution in [3.05, 3.63) is 10.6 Å². The van der Waals surface area contributed by atoms with Crippen LogP contribution in [-0.4, -0.2) is 36.6 Å². The van der Waals surface area contributed by atoms with Crippen molar-refractivity contribution >= 4 is 28.3 Å². The SMILES string of the molecule is CCCNC(=O)C(C)Nc1nc(C)c(C(=O)OC)s1. The standard InChI is InChI=1S/C12H19N3O3S/c1-5-6-13-10(16)8(3)15-12-14-7(2)9(19-12)11(17)18-4/h8H,5-6H2,1-4H3,(H,13,16)(H,14,15). The third-order valence-electron chi connectivity index (χ3n) is 2.45. The average molecular weight is 285 g/mol. The Bertz CT molecular complexity index is 459. The summed E-state index contributed by atoms with van der Waals surface area (Å²) in [4.78, 5) is 27.8. The van der Waals surface area contributed by atoms with E-state index in [2.05, 4.69) is 20.4 Å². The molecule has 1 heterocycles. The van der Waals surface area contributed by atoms with Gasteiger partial charge in [0.05, 0.1) is 12.8 Å². The molecule has 0 aliphatic carbocycles. The van der Waals surface area contributed by atoms with Crippen LogP contribution in [0.3, 0.4) is 0 Å². The largest absolute Gasteiger partial charge is 0.465 e. The zero-order chi connectivity index (χ0) is 14.4. The maximum atomic E-state index is 11.7. The lowest BCUT2D eigenvalue weighted by atomic mass is 10.3. The number of thiazole rings is 1. The van der Waals surface area contributed by atoms with Crippen molar-refractivity contribution in [1.82, 2.24) is 10.3 Å². The third-order valence-corrected chi connectivity index (χ3v) is 3.52. The molecule has 0 aromatic carbocycles. The Balaban J connectivity index is 2.67. The van der Waals surface area contributed by atoms with Crippen LogP contribution >= 0.6 is 11.3 Å². The van der Waals surface area contributed by atoms with Crippen molar-refractivity contribution in [2.24, 2.45) is 0 Å². The zero-order valence-corrected chi connectivity index (χ0v) is 12.4. The summed E-state index contributed by atoms with van der Waals surface area (Å²) in [6.07, 6.45) is 0.890. The van der Waals surface area contributed by atoms with Crippen LogP contribution in [0.2, 0.25) is 0 Å². The fraction of sp³-hybridized carbons (Fsp3) is 0.583. The Morgan fingerprint density at radius 2 is 2.16 bits per heavy atom. The molecular formula is C12H19N3O3S. The minimum atomic E-state index is -0.411. The fourth-order valence-electron chi connectivity index (χ4n) is 1.39. The molecule has 1 rings (SSSR count). The van der Waals surface area contributed by atoms with Gasteiger partial charge in [0.2, 0.25) is 5.91 Å². The number of aryl methyl sites for hydroxylation is 1. The molecule has 7 heteroatoms. The van der Waals surface area contributed by atoms with E-state index in [1.807, 2.05) is 6.92 Å². The molecule has 0 aliphatic rings. The number of amides is 1. The number of methoxy groups -OCH3 is 1. The van der Waals surface area contributed by atoms with Gasteiger partial charge in [-0.05, 0) is 20.3 Å². The minimum absolute atomic E-state index is 0.0886. The third kappa shape index (κ3) is 4.20. The monoisotopic (exact) mass is 285 g/mol. The number of nitrogens with zero attached hydrogens (tertiary/aromatic N) is 1. The summed E-state index contributed by atoms with van der Waals surface area (Å²) >= 11 is 1.18. The van der Waals surface area contributed by atoms with Crippen LogP contribution in [0.5, 0.6) is 0 Å². The zero-order valence-electron chi connectivity index (χ0n) is 11.6. The van der Waals surface area contributed by atoms with E-state index in [1.54, 1.807) is 13.8 Å². The summed E-state index contributed by atoms with van der Waals surface area (Å²) in [6, 6.07) is -0.400. The molecule has 1 unspecified atom stereocenters. The molecule has 2 N–H and O–H groups in total. The molecule has 6 nitrogen and oxygen atoms in total. The molecule has 0 fully saturated rings. The lowest BCUT2D eigenvalue weighted by Crippen LogP contribution is -2.37. The number of nitrogens with one attached hydrogen (secondary N) is 2. The molecule has 0 bridgehead atoms. The van der Waals surface area contributed by atoms with E-state index in [4.69, 9.17) is 0 Å². The summed E-state index contributed by atoms with van der Waals surface area (Å²) < 4.78 is 4.66. The number of anilines is 1. The maximum absolute atomic E-state index is 11.7. The Kier molecular flexibility index (Phi) is 5.75. The van der Waals surface area contributed by atoms with Gasteiger partial charge < -0.3 is 15.4 Å². The number of rotatable bonds is 6. The van der Waals surface area contributed by atoms with Crippen LogP contribution in [0.25, 0.3) is 0 Å². The Morgan fingerprint density at radius 3 is 2.74 bits per heavy atom. The number of carbonyl (C=O) groups is 2. The highest BCUT2D eigenvalue weighted by Gasteiger charge is 2.18. The molecule has 0 saturated heterocycles. The second kappa shape index (κ2) is 7.08. The van der Waals surface area contributed by atoms with E-state index < -0.39 is 12.0 Å². The molecule has 0 spiro atoms. The molecule has 106 valence electrons. The van der Waals surface area contributed by atoms with E-state index in [9.17, 15) is 9.59 Å². The van der Waals surface area contributed by atoms with Gasteiger partial charge in [-0.2, -0.15) is 0 Å². The van der Waals surface area contributed by atoms with Gasteiger partial charge in [0.1, 0.15) is 10.9 Å². The Morgan fingerprint density at radius 1 is 1.47 bits per heavy atom. The van der Waals surface area contributed by atoms with Crippen LogP contribution < -0.4 is 10.6 Å². The quantitative estimate of drug-likeness (QED) is 0.775. The van der Waals surface area contributed by atoms with E-state index in [1.165, 1.54) is 18.4 Å². The molecule has 1 atom stereocenters. The summed E-state index contributed by atoms with van der Waals surface area (Å²) in [7, 11) is 1.33. The molecule has 0 saturated carbocycles. The number of ether oxygens (including phenoxy) is 1. The number of hydrogen-bond donors (Lipinski definition) is 2. The Labute approximate surface area is 116 Å². The minimum Gasteiger partial charge on any atom is -0.465 e. The lowest BCUT2D eigenvalue weighted by Gasteiger charge is -2.12. The summed E-state index contributed by atoms with van der Waals surface area (Å²) in [5.74, 6) is -0.500. The topological polar surface area (TPSA) is 80.3 Å². The van der Waals surface area contributed by atoms with Gasteiger partial charge in [-0.1, -0.05) is 18.3 Å². The first-order valence-electron chi connectivity index (χ1n) is 6.09. The molecule has 1 aromatic rings.